The van der Waals surface area contributed by atoms with E-state index in [9.17, 15) is 0 Å². The molecular formula is C62H96N4O2. The van der Waals surface area contributed by atoms with Crippen molar-refractivity contribution in [1.82, 2.24) is 19.9 Å². The Hall–Kier alpha value is -3.80. The maximum Gasteiger partial charge on any atom is 0.159 e. The smallest absolute Gasteiger partial charge is 0.159 e. The van der Waals surface area contributed by atoms with Crippen LogP contribution < -0.4 is 9.47 Å². The summed E-state index contributed by atoms with van der Waals surface area (Å²) in [5, 5.41) is 0. The van der Waals surface area contributed by atoms with Gasteiger partial charge in [0.25, 0.3) is 0 Å². The monoisotopic (exact) mass is 929 g/mol. The molecule has 6 rings (SSSR count). The number of nitrogens with zero attached hydrogens (tertiary/aromatic N) is 4. The average molecular weight is 929 g/mol. The third-order valence-electron chi connectivity index (χ3n) is 15.2. The van der Waals surface area contributed by atoms with E-state index in [2.05, 4.69) is 88.9 Å². The van der Waals surface area contributed by atoms with Crippen molar-refractivity contribution in [1.29, 1.82) is 0 Å². The fourth-order valence-electron chi connectivity index (χ4n) is 10.6. The standard InChI is InChI=1S/C32H50N2O.C30H46N2O/c1-3-5-7-9-10-12-14-24-35-31-22-20-29(21-23-31)32-33-25-30(26-34-32)28-18-16-27(17-19-28)15-13-11-8-6-4-2;1-3-5-7-8-9-10-12-22-33-29-20-18-27(19-21-29)30-31-23-28(24-32-30)26-16-14-25(15-17-26)13-11-6-4-2/h20-23,25-28H,3-19,24H2,1-2H3;18-21,23-26H,3-17,22H2,1-2H3. The van der Waals surface area contributed by atoms with E-state index in [0.29, 0.717) is 11.8 Å². The first-order valence-electron chi connectivity index (χ1n) is 28.7. The summed E-state index contributed by atoms with van der Waals surface area (Å²) in [6.45, 7) is 10.7. The van der Waals surface area contributed by atoms with E-state index in [1.54, 1.807) is 0 Å². The fourth-order valence-corrected chi connectivity index (χ4v) is 10.6. The highest BCUT2D eigenvalue weighted by molar-refractivity contribution is 5.57. The topological polar surface area (TPSA) is 70.0 Å². The van der Waals surface area contributed by atoms with E-state index in [0.717, 1.165) is 72.2 Å². The molecule has 376 valence electrons. The molecule has 0 radical (unpaired) electrons. The summed E-state index contributed by atoms with van der Waals surface area (Å²) >= 11 is 0. The summed E-state index contributed by atoms with van der Waals surface area (Å²) in [4.78, 5) is 18.8. The van der Waals surface area contributed by atoms with Crippen LogP contribution in [0.15, 0.2) is 73.3 Å². The average Bonchev–Trinajstić information content (AvgIpc) is 3.39. The zero-order chi connectivity index (χ0) is 47.7. The molecule has 0 bridgehead atoms. The van der Waals surface area contributed by atoms with Crippen molar-refractivity contribution in [3.63, 3.8) is 0 Å². The van der Waals surface area contributed by atoms with Crippen molar-refractivity contribution in [2.24, 2.45) is 11.8 Å². The lowest BCUT2D eigenvalue weighted by Crippen LogP contribution is -2.14. The first-order valence-corrected chi connectivity index (χ1v) is 28.7. The van der Waals surface area contributed by atoms with Gasteiger partial charge in [-0.2, -0.15) is 0 Å². The van der Waals surface area contributed by atoms with Gasteiger partial charge in [0.2, 0.25) is 0 Å². The molecule has 4 aromatic rings. The molecule has 0 amide bonds. The highest BCUT2D eigenvalue weighted by Crippen LogP contribution is 2.39. The summed E-state index contributed by atoms with van der Waals surface area (Å²) in [6, 6.07) is 16.5. The molecule has 0 spiro atoms. The molecule has 2 aliphatic carbocycles. The Morgan fingerprint density at radius 1 is 0.353 bits per heavy atom. The molecular weight excluding hydrogens is 833 g/mol. The normalized spacial score (nSPS) is 18.2. The van der Waals surface area contributed by atoms with Crippen LogP contribution in [0.5, 0.6) is 11.5 Å². The van der Waals surface area contributed by atoms with Crippen molar-refractivity contribution < 1.29 is 9.47 Å². The molecule has 2 aliphatic rings. The lowest BCUT2D eigenvalue weighted by molar-refractivity contribution is 0.301. The summed E-state index contributed by atoms with van der Waals surface area (Å²) < 4.78 is 11.9. The molecule has 68 heavy (non-hydrogen) atoms. The Morgan fingerprint density at radius 3 is 1.00 bits per heavy atom. The molecule has 0 aliphatic heterocycles. The van der Waals surface area contributed by atoms with Gasteiger partial charge in [0.15, 0.2) is 11.6 Å². The number of benzene rings is 2. The van der Waals surface area contributed by atoms with E-state index in [1.165, 1.54) is 204 Å². The molecule has 0 N–H and O–H groups in total. The third-order valence-corrected chi connectivity index (χ3v) is 15.2. The van der Waals surface area contributed by atoms with Gasteiger partial charge in [-0.1, -0.05) is 169 Å². The van der Waals surface area contributed by atoms with Gasteiger partial charge < -0.3 is 9.47 Å². The molecule has 0 unspecified atom stereocenters. The number of aromatic nitrogens is 4. The summed E-state index contributed by atoms with van der Waals surface area (Å²) in [5.74, 6) is 6.68. The molecule has 0 saturated heterocycles. The van der Waals surface area contributed by atoms with Crippen LogP contribution in [0.25, 0.3) is 22.8 Å². The van der Waals surface area contributed by atoms with Crippen molar-refractivity contribution in [3.8, 4) is 34.3 Å². The Bertz CT molecular complexity index is 1800. The highest BCUT2D eigenvalue weighted by atomic mass is 16.5. The van der Waals surface area contributed by atoms with Gasteiger partial charge >= 0.3 is 0 Å². The van der Waals surface area contributed by atoms with Crippen LogP contribution >= 0.6 is 0 Å². The van der Waals surface area contributed by atoms with Gasteiger partial charge in [0, 0.05) is 35.9 Å². The molecule has 6 heteroatoms. The Balaban J connectivity index is 0.000000255. The summed E-state index contributed by atoms with van der Waals surface area (Å²) in [7, 11) is 0. The second-order valence-electron chi connectivity index (χ2n) is 20.8. The minimum absolute atomic E-state index is 0.641. The van der Waals surface area contributed by atoms with Crippen molar-refractivity contribution in [2.45, 2.75) is 245 Å². The van der Waals surface area contributed by atoms with Gasteiger partial charge in [-0.05, 0) is 148 Å². The molecule has 2 saturated carbocycles. The zero-order valence-electron chi connectivity index (χ0n) is 43.9. The maximum absolute atomic E-state index is 5.93. The fraction of sp³-hybridized carbons (Fsp3) is 0.677. The molecule has 2 heterocycles. The summed E-state index contributed by atoms with van der Waals surface area (Å²) in [5.41, 5.74) is 4.77. The minimum Gasteiger partial charge on any atom is -0.494 e. The van der Waals surface area contributed by atoms with Crippen molar-refractivity contribution in [3.05, 3.63) is 84.4 Å². The van der Waals surface area contributed by atoms with Crippen molar-refractivity contribution in [2.75, 3.05) is 13.2 Å². The van der Waals surface area contributed by atoms with Gasteiger partial charge in [-0.15, -0.1) is 0 Å². The van der Waals surface area contributed by atoms with E-state index in [1.807, 2.05) is 12.1 Å². The predicted octanol–water partition coefficient (Wildman–Crippen LogP) is 19.0. The van der Waals surface area contributed by atoms with Crippen LogP contribution in [0, 0.1) is 11.8 Å². The molecule has 2 fully saturated rings. The van der Waals surface area contributed by atoms with Crippen LogP contribution in [0.4, 0.5) is 0 Å². The Morgan fingerprint density at radius 2 is 0.647 bits per heavy atom. The van der Waals surface area contributed by atoms with Gasteiger partial charge in [-0.3, -0.25) is 0 Å². The number of hydrogen-bond donors (Lipinski definition) is 0. The van der Waals surface area contributed by atoms with E-state index in [4.69, 9.17) is 29.4 Å². The molecule has 0 atom stereocenters. The van der Waals surface area contributed by atoms with Crippen LogP contribution in [-0.4, -0.2) is 33.1 Å². The number of unbranched alkanes of at least 4 members (excludes halogenated alkanes) is 18. The largest absolute Gasteiger partial charge is 0.494 e. The minimum atomic E-state index is 0.641. The SMILES string of the molecule is CCCCCCCCCOc1ccc(-c2ncc(C3CCC(CCCCC)CC3)cn2)cc1.CCCCCCCCCOc1ccc(-c2ncc(C3CCC(CCCCCCC)CC3)cn2)cc1. The van der Waals surface area contributed by atoms with Crippen LogP contribution in [-0.2, 0) is 0 Å². The maximum atomic E-state index is 5.93. The van der Waals surface area contributed by atoms with Gasteiger partial charge in [0.05, 0.1) is 13.2 Å². The van der Waals surface area contributed by atoms with Gasteiger partial charge in [-0.25, -0.2) is 19.9 Å². The first-order chi connectivity index (χ1) is 33.6. The number of ether oxygens (including phenoxy) is 2. The van der Waals surface area contributed by atoms with Gasteiger partial charge in [0.1, 0.15) is 11.5 Å². The zero-order valence-corrected chi connectivity index (χ0v) is 43.9. The van der Waals surface area contributed by atoms with Crippen LogP contribution in [0.3, 0.4) is 0 Å². The van der Waals surface area contributed by atoms with Crippen LogP contribution in [0.1, 0.15) is 256 Å². The van der Waals surface area contributed by atoms with Crippen molar-refractivity contribution >= 4 is 0 Å². The third kappa shape index (κ3) is 21.5. The first kappa shape index (κ1) is 55.1. The second kappa shape index (κ2) is 34.5. The molecule has 2 aromatic carbocycles. The van der Waals surface area contributed by atoms with Crippen LogP contribution in [0.2, 0.25) is 0 Å². The Labute approximate surface area is 416 Å². The Kier molecular flexibility index (Phi) is 28.0. The summed E-state index contributed by atoms with van der Waals surface area (Å²) in [6.07, 6.45) is 51.3. The lowest BCUT2D eigenvalue weighted by Gasteiger charge is -2.28. The van der Waals surface area contributed by atoms with E-state index in [-0.39, 0.29) is 0 Å². The molecule has 2 aromatic heterocycles. The highest BCUT2D eigenvalue weighted by Gasteiger charge is 2.24. The van der Waals surface area contributed by atoms with E-state index >= 15 is 0 Å². The van der Waals surface area contributed by atoms with E-state index < -0.39 is 0 Å². The lowest BCUT2D eigenvalue weighted by atomic mass is 9.77. The number of rotatable bonds is 32. The number of hydrogen-bond acceptors (Lipinski definition) is 6. The molecule has 6 nitrogen and oxygen atoms in total. The quantitative estimate of drug-likeness (QED) is 0.0455. The predicted molar refractivity (Wildman–Crippen MR) is 289 cm³/mol. The second-order valence-corrected chi connectivity index (χ2v) is 20.8.